The minimum Gasteiger partial charge on any atom is -0.308 e. The molecule has 4 rings (SSSR count). The Bertz CT molecular complexity index is 837. The molecule has 2 atom stereocenters. The van der Waals surface area contributed by atoms with Crippen LogP contribution < -0.4 is 5.32 Å². The molecule has 1 aliphatic carbocycles. The molecule has 1 aliphatic rings. The van der Waals surface area contributed by atoms with Crippen molar-refractivity contribution in [2.24, 2.45) is 13.0 Å². The molecule has 0 bridgehead atoms. The maximum Gasteiger partial charge on any atom is 0.229 e. The molecule has 1 saturated carbocycles. The van der Waals surface area contributed by atoms with E-state index in [0.717, 1.165) is 17.7 Å². The zero-order chi connectivity index (χ0) is 15.8. The van der Waals surface area contributed by atoms with Crippen molar-refractivity contribution in [1.82, 2.24) is 24.8 Å². The van der Waals surface area contributed by atoms with Crippen LogP contribution in [0.3, 0.4) is 0 Å². The Morgan fingerprint density at radius 1 is 1.26 bits per heavy atom. The van der Waals surface area contributed by atoms with Crippen molar-refractivity contribution in [3.05, 3.63) is 54.5 Å². The van der Waals surface area contributed by atoms with Gasteiger partial charge in [0.15, 0.2) is 5.82 Å². The number of benzene rings is 1. The van der Waals surface area contributed by atoms with Gasteiger partial charge >= 0.3 is 0 Å². The van der Waals surface area contributed by atoms with E-state index < -0.39 is 0 Å². The second kappa shape index (κ2) is 5.35. The number of nitrogens with zero attached hydrogens (tertiary/aromatic N) is 5. The third-order valence-electron chi connectivity index (χ3n) is 4.05. The SMILES string of the molecule is Cn1cc([C@@H]2C[C@H]2C(=O)Nc2cn(-c3ccccc3)nn2)cn1. The van der Waals surface area contributed by atoms with E-state index in [1.807, 2.05) is 49.8 Å². The Labute approximate surface area is 132 Å². The molecule has 23 heavy (non-hydrogen) atoms. The van der Waals surface area contributed by atoms with Crippen molar-refractivity contribution in [1.29, 1.82) is 0 Å². The van der Waals surface area contributed by atoms with Gasteiger partial charge < -0.3 is 5.32 Å². The van der Waals surface area contributed by atoms with Gasteiger partial charge in [0.2, 0.25) is 5.91 Å². The molecule has 1 aromatic carbocycles. The summed E-state index contributed by atoms with van der Waals surface area (Å²) in [5.74, 6) is 0.698. The van der Waals surface area contributed by atoms with Crippen LogP contribution in [0.15, 0.2) is 48.9 Å². The second-order valence-electron chi connectivity index (χ2n) is 5.77. The topological polar surface area (TPSA) is 77.6 Å². The predicted molar refractivity (Wildman–Crippen MR) is 84.0 cm³/mol. The van der Waals surface area contributed by atoms with Gasteiger partial charge in [-0.1, -0.05) is 23.4 Å². The number of carbonyl (C=O) groups excluding carboxylic acids is 1. The van der Waals surface area contributed by atoms with E-state index in [0.29, 0.717) is 5.82 Å². The van der Waals surface area contributed by atoms with Crippen LogP contribution in [0.4, 0.5) is 5.82 Å². The lowest BCUT2D eigenvalue weighted by Gasteiger charge is -2.00. The zero-order valence-electron chi connectivity index (χ0n) is 12.6. The van der Waals surface area contributed by atoms with Crippen molar-refractivity contribution in [3.8, 4) is 5.69 Å². The van der Waals surface area contributed by atoms with Crippen LogP contribution in [-0.2, 0) is 11.8 Å². The van der Waals surface area contributed by atoms with Crippen LogP contribution in [0.25, 0.3) is 5.69 Å². The van der Waals surface area contributed by atoms with Gasteiger partial charge in [0.05, 0.1) is 18.1 Å². The van der Waals surface area contributed by atoms with Crippen molar-refractivity contribution in [3.63, 3.8) is 0 Å². The fourth-order valence-electron chi connectivity index (χ4n) is 2.73. The number of aryl methyl sites for hydroxylation is 1. The first kappa shape index (κ1) is 13.7. The Balaban J connectivity index is 1.41. The molecule has 0 unspecified atom stereocenters. The van der Waals surface area contributed by atoms with Crippen molar-refractivity contribution >= 4 is 11.7 Å². The Morgan fingerprint density at radius 3 is 2.83 bits per heavy atom. The first-order valence-corrected chi connectivity index (χ1v) is 7.48. The van der Waals surface area contributed by atoms with E-state index in [9.17, 15) is 4.79 Å². The van der Waals surface area contributed by atoms with Crippen LogP contribution in [0.1, 0.15) is 17.9 Å². The Hall–Kier alpha value is -2.96. The lowest BCUT2D eigenvalue weighted by Crippen LogP contribution is -2.14. The molecule has 1 amide bonds. The fraction of sp³-hybridized carbons (Fsp3) is 0.250. The number of hydrogen-bond donors (Lipinski definition) is 1. The first-order chi connectivity index (χ1) is 11.2. The Morgan fingerprint density at radius 2 is 2.09 bits per heavy atom. The minimum absolute atomic E-state index is 0.0129. The first-order valence-electron chi connectivity index (χ1n) is 7.48. The number of anilines is 1. The maximum atomic E-state index is 12.3. The lowest BCUT2D eigenvalue weighted by molar-refractivity contribution is -0.117. The average molecular weight is 308 g/mol. The van der Waals surface area contributed by atoms with Gasteiger partial charge in [-0.25, -0.2) is 4.68 Å². The highest BCUT2D eigenvalue weighted by molar-refractivity contribution is 5.94. The van der Waals surface area contributed by atoms with Gasteiger partial charge in [-0.2, -0.15) is 5.10 Å². The largest absolute Gasteiger partial charge is 0.308 e. The van der Waals surface area contributed by atoms with Crippen molar-refractivity contribution in [2.45, 2.75) is 12.3 Å². The zero-order valence-corrected chi connectivity index (χ0v) is 12.6. The fourth-order valence-corrected chi connectivity index (χ4v) is 2.73. The summed E-state index contributed by atoms with van der Waals surface area (Å²) in [6.45, 7) is 0. The van der Waals surface area contributed by atoms with Crippen LogP contribution >= 0.6 is 0 Å². The highest BCUT2D eigenvalue weighted by Crippen LogP contribution is 2.47. The average Bonchev–Trinajstić information content (AvgIpc) is 3.03. The molecule has 0 radical (unpaired) electrons. The molecular formula is C16H16N6O. The summed E-state index contributed by atoms with van der Waals surface area (Å²) in [6.07, 6.45) is 6.35. The van der Waals surface area contributed by atoms with E-state index in [2.05, 4.69) is 20.7 Å². The quantitative estimate of drug-likeness (QED) is 0.796. The van der Waals surface area contributed by atoms with Crippen LogP contribution in [0, 0.1) is 5.92 Å². The summed E-state index contributed by atoms with van der Waals surface area (Å²) in [7, 11) is 1.88. The molecular weight excluding hydrogens is 292 g/mol. The lowest BCUT2D eigenvalue weighted by atomic mass is 10.2. The highest BCUT2D eigenvalue weighted by Gasteiger charge is 2.44. The maximum absolute atomic E-state index is 12.3. The van der Waals surface area contributed by atoms with E-state index in [1.54, 1.807) is 15.6 Å². The number of amides is 1. The monoisotopic (exact) mass is 308 g/mol. The highest BCUT2D eigenvalue weighted by atomic mass is 16.2. The summed E-state index contributed by atoms with van der Waals surface area (Å²) < 4.78 is 3.40. The van der Waals surface area contributed by atoms with E-state index in [1.165, 1.54) is 0 Å². The third kappa shape index (κ3) is 2.73. The standard InChI is InChI=1S/C16H16N6O/c1-21-9-11(8-17-21)13-7-14(13)16(23)18-15-10-22(20-19-15)12-5-3-2-4-6-12/h2-6,8-10,13-14H,7H2,1H3,(H,18,23)/t13-,14+/m0/s1. The molecule has 0 aliphatic heterocycles. The van der Waals surface area contributed by atoms with E-state index >= 15 is 0 Å². The van der Waals surface area contributed by atoms with Crippen LogP contribution in [0.5, 0.6) is 0 Å². The molecule has 1 fully saturated rings. The summed E-state index contributed by atoms with van der Waals surface area (Å²) in [4.78, 5) is 12.3. The summed E-state index contributed by atoms with van der Waals surface area (Å²) >= 11 is 0. The van der Waals surface area contributed by atoms with Gasteiger partial charge in [-0.05, 0) is 30.0 Å². The van der Waals surface area contributed by atoms with Gasteiger partial charge in [-0.15, -0.1) is 5.10 Å². The van der Waals surface area contributed by atoms with Crippen molar-refractivity contribution in [2.75, 3.05) is 5.32 Å². The molecule has 7 nitrogen and oxygen atoms in total. The molecule has 116 valence electrons. The number of aromatic nitrogens is 5. The van der Waals surface area contributed by atoms with Crippen LogP contribution in [-0.4, -0.2) is 30.7 Å². The molecule has 3 aromatic rings. The second-order valence-corrected chi connectivity index (χ2v) is 5.77. The number of hydrogen-bond acceptors (Lipinski definition) is 4. The smallest absolute Gasteiger partial charge is 0.229 e. The summed E-state index contributed by atoms with van der Waals surface area (Å²) in [6, 6.07) is 9.66. The van der Waals surface area contributed by atoms with E-state index in [-0.39, 0.29) is 17.7 Å². The molecule has 0 spiro atoms. The molecule has 7 heteroatoms. The molecule has 0 saturated heterocycles. The predicted octanol–water partition coefficient (Wildman–Crippen LogP) is 1.74. The van der Waals surface area contributed by atoms with Crippen LogP contribution in [0.2, 0.25) is 0 Å². The van der Waals surface area contributed by atoms with Gasteiger partial charge in [-0.3, -0.25) is 9.48 Å². The number of rotatable bonds is 4. The minimum atomic E-state index is -0.0148. The summed E-state index contributed by atoms with van der Waals surface area (Å²) in [5.41, 5.74) is 2.01. The van der Waals surface area contributed by atoms with Gasteiger partial charge in [0.1, 0.15) is 0 Å². The van der Waals surface area contributed by atoms with E-state index in [4.69, 9.17) is 0 Å². The van der Waals surface area contributed by atoms with Gasteiger partial charge in [0, 0.05) is 19.2 Å². The summed E-state index contributed by atoms with van der Waals surface area (Å²) in [5, 5.41) is 15.0. The Kier molecular flexibility index (Phi) is 3.18. The number of carbonyl (C=O) groups is 1. The number of nitrogens with one attached hydrogen (secondary N) is 1. The normalized spacial score (nSPS) is 19.5. The van der Waals surface area contributed by atoms with Gasteiger partial charge in [0.25, 0.3) is 0 Å². The third-order valence-corrected chi connectivity index (χ3v) is 4.05. The molecule has 2 heterocycles. The molecule has 1 N–H and O–H groups in total. The number of para-hydroxylation sites is 1. The van der Waals surface area contributed by atoms with Crippen molar-refractivity contribution < 1.29 is 4.79 Å². The molecule has 2 aromatic heterocycles.